The Labute approximate surface area is 124 Å². The molecule has 114 valence electrons. The van der Waals surface area contributed by atoms with E-state index in [2.05, 4.69) is 10.6 Å². The topological polar surface area (TPSA) is 78.4 Å². The van der Waals surface area contributed by atoms with Crippen molar-refractivity contribution in [3.05, 3.63) is 29.8 Å². The number of carbonyl (C=O) groups is 2. The van der Waals surface area contributed by atoms with E-state index in [0.717, 1.165) is 24.9 Å². The molecule has 0 aliphatic heterocycles. The van der Waals surface area contributed by atoms with Crippen LogP contribution >= 0.6 is 0 Å². The smallest absolute Gasteiger partial charge is 0.306 e. The summed E-state index contributed by atoms with van der Waals surface area (Å²) >= 11 is 0. The van der Waals surface area contributed by atoms with Crippen LogP contribution in [0, 0.1) is 5.92 Å². The van der Waals surface area contributed by atoms with Crippen LogP contribution in [0.15, 0.2) is 24.3 Å². The number of carboxylic acids is 1. The number of benzene rings is 1. The molecule has 21 heavy (non-hydrogen) atoms. The molecule has 2 unspecified atom stereocenters. The summed E-state index contributed by atoms with van der Waals surface area (Å²) in [7, 11) is 0. The molecule has 1 amide bonds. The van der Waals surface area contributed by atoms with Gasteiger partial charge in [-0.3, -0.25) is 9.59 Å². The van der Waals surface area contributed by atoms with Crippen LogP contribution in [0.5, 0.6) is 0 Å². The van der Waals surface area contributed by atoms with Gasteiger partial charge in [0.1, 0.15) is 0 Å². The summed E-state index contributed by atoms with van der Waals surface area (Å²) in [4.78, 5) is 22.9. The minimum atomic E-state index is -0.711. The fraction of sp³-hybridized carbons (Fsp3) is 0.500. The van der Waals surface area contributed by atoms with Crippen LogP contribution in [0.4, 0.5) is 5.69 Å². The second-order valence-corrected chi connectivity index (χ2v) is 5.48. The summed E-state index contributed by atoms with van der Waals surface area (Å²) in [5, 5.41) is 15.2. The molecule has 0 spiro atoms. The molecule has 2 atom stereocenters. The lowest BCUT2D eigenvalue weighted by Crippen LogP contribution is -2.31. The van der Waals surface area contributed by atoms with Crippen molar-refractivity contribution in [2.24, 2.45) is 5.92 Å². The van der Waals surface area contributed by atoms with Gasteiger partial charge in [-0.25, -0.2) is 0 Å². The normalized spacial score (nSPS) is 21.6. The van der Waals surface area contributed by atoms with Gasteiger partial charge in [0.05, 0.1) is 5.92 Å². The van der Waals surface area contributed by atoms with Gasteiger partial charge in [-0.2, -0.15) is 0 Å². The monoisotopic (exact) mass is 290 g/mol. The molecular formula is C16H22N2O3. The zero-order valence-electron chi connectivity index (χ0n) is 12.3. The molecule has 1 fully saturated rings. The van der Waals surface area contributed by atoms with Gasteiger partial charge in [0, 0.05) is 23.8 Å². The maximum atomic E-state index is 11.8. The Morgan fingerprint density at radius 2 is 2.14 bits per heavy atom. The van der Waals surface area contributed by atoms with E-state index in [0.29, 0.717) is 18.5 Å². The van der Waals surface area contributed by atoms with Crippen molar-refractivity contribution in [1.29, 1.82) is 0 Å². The van der Waals surface area contributed by atoms with Crippen LogP contribution in [-0.4, -0.2) is 29.6 Å². The number of carbonyl (C=O) groups excluding carboxylic acids is 1. The fourth-order valence-electron chi connectivity index (χ4n) is 2.79. The van der Waals surface area contributed by atoms with Crippen molar-refractivity contribution in [3.8, 4) is 0 Å². The summed E-state index contributed by atoms with van der Waals surface area (Å²) < 4.78 is 0. The third-order valence-electron chi connectivity index (χ3n) is 3.86. The highest BCUT2D eigenvalue weighted by atomic mass is 16.4. The molecule has 1 aliphatic rings. The molecule has 5 nitrogen and oxygen atoms in total. The van der Waals surface area contributed by atoms with Crippen LogP contribution in [0.1, 0.15) is 43.0 Å². The molecule has 1 aromatic carbocycles. The Kier molecular flexibility index (Phi) is 5.20. The summed E-state index contributed by atoms with van der Waals surface area (Å²) in [5.74, 6) is -1.06. The Morgan fingerprint density at radius 3 is 2.86 bits per heavy atom. The lowest BCUT2D eigenvalue weighted by molar-refractivity contribution is -0.142. The molecule has 1 aliphatic carbocycles. The van der Waals surface area contributed by atoms with Gasteiger partial charge in [0.25, 0.3) is 5.91 Å². The number of hydrogen-bond acceptors (Lipinski definition) is 3. The maximum Gasteiger partial charge on any atom is 0.306 e. The van der Waals surface area contributed by atoms with Gasteiger partial charge < -0.3 is 15.7 Å². The van der Waals surface area contributed by atoms with E-state index >= 15 is 0 Å². The Hall–Kier alpha value is -2.04. The first kappa shape index (κ1) is 15.4. The standard InChI is InChI=1S/C16H22N2O3/c1-2-17-15(19)11-5-3-7-13(9-11)18-14-8-4-6-12(10-14)16(20)21/h3,5,7,9,12,14,18H,2,4,6,8,10H2,1H3,(H,17,19)(H,20,21). The SMILES string of the molecule is CCNC(=O)c1cccc(NC2CCCC(C(=O)O)C2)c1. The highest BCUT2D eigenvalue weighted by Crippen LogP contribution is 2.27. The minimum absolute atomic E-state index is 0.0896. The van der Waals surface area contributed by atoms with E-state index in [1.807, 2.05) is 25.1 Å². The first-order valence-corrected chi connectivity index (χ1v) is 7.47. The van der Waals surface area contributed by atoms with Crippen molar-refractivity contribution < 1.29 is 14.7 Å². The van der Waals surface area contributed by atoms with E-state index in [-0.39, 0.29) is 17.9 Å². The number of hydrogen-bond donors (Lipinski definition) is 3. The Morgan fingerprint density at radius 1 is 1.33 bits per heavy atom. The minimum Gasteiger partial charge on any atom is -0.481 e. The molecule has 3 N–H and O–H groups in total. The molecular weight excluding hydrogens is 268 g/mol. The Bertz CT molecular complexity index is 516. The predicted molar refractivity (Wildman–Crippen MR) is 81.5 cm³/mol. The van der Waals surface area contributed by atoms with Gasteiger partial charge in [0.2, 0.25) is 0 Å². The van der Waals surface area contributed by atoms with Crippen molar-refractivity contribution in [2.75, 3.05) is 11.9 Å². The molecule has 0 heterocycles. The zero-order chi connectivity index (χ0) is 15.2. The van der Waals surface area contributed by atoms with Gasteiger partial charge in [-0.05, 0) is 44.4 Å². The molecule has 5 heteroatoms. The number of rotatable bonds is 5. The molecule has 0 radical (unpaired) electrons. The number of nitrogens with one attached hydrogen (secondary N) is 2. The number of aliphatic carboxylic acids is 1. The van der Waals surface area contributed by atoms with Gasteiger partial charge in [-0.1, -0.05) is 12.5 Å². The summed E-state index contributed by atoms with van der Waals surface area (Å²) in [6, 6.07) is 7.49. The van der Waals surface area contributed by atoms with E-state index in [4.69, 9.17) is 5.11 Å². The largest absolute Gasteiger partial charge is 0.481 e. The second-order valence-electron chi connectivity index (χ2n) is 5.48. The fourth-order valence-corrected chi connectivity index (χ4v) is 2.79. The highest BCUT2D eigenvalue weighted by Gasteiger charge is 2.26. The van der Waals surface area contributed by atoms with E-state index in [1.165, 1.54) is 0 Å². The average Bonchev–Trinajstić information content (AvgIpc) is 2.48. The highest BCUT2D eigenvalue weighted by molar-refractivity contribution is 5.95. The number of anilines is 1. The molecule has 2 rings (SSSR count). The average molecular weight is 290 g/mol. The number of carboxylic acid groups (broad SMARTS) is 1. The van der Waals surface area contributed by atoms with Crippen LogP contribution < -0.4 is 10.6 Å². The second kappa shape index (κ2) is 7.11. The quantitative estimate of drug-likeness (QED) is 0.778. The third kappa shape index (κ3) is 4.21. The van der Waals surface area contributed by atoms with Crippen molar-refractivity contribution in [3.63, 3.8) is 0 Å². The lowest BCUT2D eigenvalue weighted by atomic mass is 9.85. The summed E-state index contributed by atoms with van der Waals surface area (Å²) in [6.07, 6.45) is 3.28. The summed E-state index contributed by atoms with van der Waals surface area (Å²) in [5.41, 5.74) is 1.49. The van der Waals surface area contributed by atoms with Crippen molar-refractivity contribution >= 4 is 17.6 Å². The Balaban J connectivity index is 2.01. The molecule has 0 aromatic heterocycles. The van der Waals surface area contributed by atoms with E-state index in [9.17, 15) is 9.59 Å². The lowest BCUT2D eigenvalue weighted by Gasteiger charge is -2.28. The van der Waals surface area contributed by atoms with Crippen LogP contribution in [0.2, 0.25) is 0 Å². The van der Waals surface area contributed by atoms with Gasteiger partial charge >= 0.3 is 5.97 Å². The molecule has 1 aromatic rings. The third-order valence-corrected chi connectivity index (χ3v) is 3.86. The number of amides is 1. The van der Waals surface area contributed by atoms with Gasteiger partial charge in [0.15, 0.2) is 0 Å². The van der Waals surface area contributed by atoms with Crippen LogP contribution in [0.3, 0.4) is 0 Å². The first-order chi connectivity index (χ1) is 10.1. The summed E-state index contributed by atoms with van der Waals surface area (Å²) in [6.45, 7) is 2.48. The predicted octanol–water partition coefficient (Wildman–Crippen LogP) is 2.49. The maximum absolute atomic E-state index is 11.8. The van der Waals surface area contributed by atoms with Crippen LogP contribution in [0.25, 0.3) is 0 Å². The van der Waals surface area contributed by atoms with Gasteiger partial charge in [-0.15, -0.1) is 0 Å². The van der Waals surface area contributed by atoms with Crippen molar-refractivity contribution in [1.82, 2.24) is 5.32 Å². The zero-order valence-corrected chi connectivity index (χ0v) is 12.3. The molecule has 1 saturated carbocycles. The molecule has 0 bridgehead atoms. The molecule has 0 saturated heterocycles. The van der Waals surface area contributed by atoms with E-state index in [1.54, 1.807) is 6.07 Å². The van der Waals surface area contributed by atoms with Crippen molar-refractivity contribution in [2.45, 2.75) is 38.6 Å². The first-order valence-electron chi connectivity index (χ1n) is 7.47. The van der Waals surface area contributed by atoms with Crippen LogP contribution in [-0.2, 0) is 4.79 Å². The van der Waals surface area contributed by atoms with E-state index < -0.39 is 5.97 Å².